The lowest BCUT2D eigenvalue weighted by Gasteiger charge is -2.38. The third kappa shape index (κ3) is 6.94. The zero-order valence-corrected chi connectivity index (χ0v) is 26.8. The smallest absolute Gasteiger partial charge is 0.418 e. The zero-order chi connectivity index (χ0) is 33.3. The third-order valence-electron chi connectivity index (χ3n) is 8.77. The summed E-state index contributed by atoms with van der Waals surface area (Å²) in [5.74, 6) is -0.491. The predicted octanol–water partition coefficient (Wildman–Crippen LogP) is 4.82. The number of imidazole rings is 1. The molecule has 2 aromatic heterocycles. The second-order valence-electron chi connectivity index (χ2n) is 11.7. The number of aromatic nitrogens is 3. The van der Waals surface area contributed by atoms with Gasteiger partial charge >= 0.3 is 18.0 Å². The highest BCUT2D eigenvalue weighted by atomic mass is 79.9. The number of anilines is 2. The van der Waals surface area contributed by atoms with Crippen LogP contribution in [0.25, 0.3) is 11.0 Å². The number of hydrogen-bond acceptors (Lipinski definition) is 7. The maximum atomic E-state index is 13.9. The number of halogens is 4. The molecule has 2 aliphatic heterocycles. The number of rotatable bonds is 6. The minimum Gasteiger partial charge on any atom is -0.436 e. The number of fused-ring (bicyclic) bond motifs is 1. The van der Waals surface area contributed by atoms with Crippen LogP contribution in [-0.4, -0.2) is 81.7 Å². The van der Waals surface area contributed by atoms with E-state index in [4.69, 9.17) is 10.5 Å². The molecule has 0 aliphatic carbocycles. The van der Waals surface area contributed by atoms with Gasteiger partial charge in [0.2, 0.25) is 0 Å². The summed E-state index contributed by atoms with van der Waals surface area (Å²) < 4.78 is 48.8. The summed E-state index contributed by atoms with van der Waals surface area (Å²) in [6, 6.07) is 13.3. The molecule has 248 valence electrons. The van der Waals surface area contributed by atoms with E-state index in [1.54, 1.807) is 21.9 Å². The SMILES string of the molecule is Nc1c(Br)cc(C[C@@H](OC(=O)N2CCC(n3c(=O)[nH]c4ccccc43)CC2)C(=O)N2CCN(c3ccncc3)CC2)cc1C(F)(F)F. The molecule has 11 nitrogen and oxygen atoms in total. The number of piperidine rings is 1. The molecule has 0 spiro atoms. The highest BCUT2D eigenvalue weighted by Gasteiger charge is 2.37. The Kier molecular flexibility index (Phi) is 9.17. The molecule has 0 radical (unpaired) electrons. The van der Waals surface area contributed by atoms with Crippen molar-refractivity contribution >= 4 is 50.3 Å². The number of piperazine rings is 1. The van der Waals surface area contributed by atoms with Gasteiger partial charge in [0, 0.05) is 74.3 Å². The van der Waals surface area contributed by atoms with Gasteiger partial charge < -0.3 is 30.2 Å². The molecule has 2 fully saturated rings. The number of nitrogens with zero attached hydrogens (tertiary/aromatic N) is 5. The van der Waals surface area contributed by atoms with Crippen LogP contribution in [0.5, 0.6) is 0 Å². The number of ether oxygens (including phenoxy) is 1. The Labute approximate surface area is 276 Å². The van der Waals surface area contributed by atoms with E-state index in [-0.39, 0.29) is 41.3 Å². The number of aromatic amines is 1. The predicted molar refractivity (Wildman–Crippen MR) is 173 cm³/mol. The zero-order valence-electron chi connectivity index (χ0n) is 25.3. The average Bonchev–Trinajstić information content (AvgIpc) is 3.41. The number of carbonyl (C=O) groups is 2. The van der Waals surface area contributed by atoms with Gasteiger partial charge in [-0.25, -0.2) is 9.59 Å². The molecule has 6 rings (SSSR count). The first kappa shape index (κ1) is 32.4. The van der Waals surface area contributed by atoms with E-state index in [1.165, 1.54) is 11.0 Å². The summed E-state index contributed by atoms with van der Waals surface area (Å²) in [5.41, 5.74) is 6.57. The van der Waals surface area contributed by atoms with E-state index < -0.39 is 35.5 Å². The molecule has 47 heavy (non-hydrogen) atoms. The number of carbonyl (C=O) groups excluding carboxylic acids is 2. The Balaban J connectivity index is 1.18. The number of H-pyrrole nitrogens is 1. The first-order chi connectivity index (χ1) is 22.5. The van der Waals surface area contributed by atoms with Gasteiger partial charge in [-0.2, -0.15) is 13.2 Å². The highest BCUT2D eigenvalue weighted by Crippen LogP contribution is 2.38. The number of para-hydroxylation sites is 2. The lowest BCUT2D eigenvalue weighted by atomic mass is 10.0. The summed E-state index contributed by atoms with van der Waals surface area (Å²) in [7, 11) is 0. The van der Waals surface area contributed by atoms with Crippen molar-refractivity contribution in [2.75, 3.05) is 49.9 Å². The molecule has 2 aliphatic rings. The Morgan fingerprint density at radius 2 is 1.68 bits per heavy atom. The standard InChI is InChI=1S/C32H33BrF3N7O4/c33-24-18-20(17-23(28(24)37)32(34,35)36)19-27(29(44)41-15-13-40(14-16-41)21-5-9-38-10-6-21)47-31(46)42-11-7-22(8-12-42)43-26-4-2-1-3-25(26)39-30(43)45/h1-6,9-10,17-18,22,27H,7-8,11-16,19,37H2,(H,39,45)/t27-/m1/s1. The maximum absolute atomic E-state index is 13.9. The first-order valence-electron chi connectivity index (χ1n) is 15.2. The molecule has 2 amide bonds. The second-order valence-corrected chi connectivity index (χ2v) is 12.5. The fourth-order valence-corrected chi connectivity index (χ4v) is 6.81. The van der Waals surface area contributed by atoms with Gasteiger partial charge in [-0.05, 0) is 70.7 Å². The van der Waals surface area contributed by atoms with Crippen molar-refractivity contribution in [2.24, 2.45) is 0 Å². The normalized spacial score (nSPS) is 16.8. The number of pyridine rings is 1. The van der Waals surface area contributed by atoms with E-state index in [9.17, 15) is 27.6 Å². The molecule has 1 atom stereocenters. The van der Waals surface area contributed by atoms with Crippen molar-refractivity contribution in [3.63, 3.8) is 0 Å². The van der Waals surface area contributed by atoms with E-state index >= 15 is 0 Å². The topological polar surface area (TPSA) is 130 Å². The lowest BCUT2D eigenvalue weighted by molar-refractivity contribution is -0.141. The summed E-state index contributed by atoms with van der Waals surface area (Å²) in [6.07, 6.45) is -2.79. The fourth-order valence-electron chi connectivity index (χ4n) is 6.30. The van der Waals surface area contributed by atoms with E-state index in [1.807, 2.05) is 36.4 Å². The number of nitrogens with one attached hydrogen (secondary N) is 1. The number of amides is 2. The van der Waals surface area contributed by atoms with Crippen LogP contribution in [0.3, 0.4) is 0 Å². The molecule has 0 saturated carbocycles. The Bertz CT molecular complexity index is 1810. The van der Waals surface area contributed by atoms with E-state index in [2.05, 4.69) is 30.8 Å². The molecule has 4 heterocycles. The Morgan fingerprint density at radius 3 is 2.36 bits per heavy atom. The van der Waals surface area contributed by atoms with E-state index in [0.29, 0.717) is 39.0 Å². The largest absolute Gasteiger partial charge is 0.436 e. The van der Waals surface area contributed by atoms with Crippen LogP contribution in [0, 0.1) is 0 Å². The minimum absolute atomic E-state index is 0.0282. The van der Waals surface area contributed by atoms with Gasteiger partial charge in [0.05, 0.1) is 22.3 Å². The molecule has 0 bridgehead atoms. The van der Waals surface area contributed by atoms with Crippen molar-refractivity contribution in [3.05, 3.63) is 87.0 Å². The molecule has 0 unspecified atom stereocenters. The van der Waals surface area contributed by atoms with Crippen LogP contribution in [0.15, 0.2) is 70.2 Å². The number of benzene rings is 2. The number of hydrogen-bond donors (Lipinski definition) is 2. The van der Waals surface area contributed by atoms with Crippen LogP contribution < -0.4 is 16.3 Å². The lowest BCUT2D eigenvalue weighted by Crippen LogP contribution is -2.53. The molecule has 15 heteroatoms. The Hall–Kier alpha value is -4.53. The van der Waals surface area contributed by atoms with Crippen LogP contribution in [0.2, 0.25) is 0 Å². The van der Waals surface area contributed by atoms with Gasteiger partial charge in [0.1, 0.15) is 0 Å². The second kappa shape index (κ2) is 13.3. The van der Waals surface area contributed by atoms with Crippen molar-refractivity contribution in [1.82, 2.24) is 24.3 Å². The number of nitrogen functional groups attached to an aromatic ring is 1. The third-order valence-corrected chi connectivity index (χ3v) is 9.42. The molecular formula is C32H33BrF3N7O4. The summed E-state index contributed by atoms with van der Waals surface area (Å²) in [6.45, 7) is 2.24. The molecule has 2 aromatic carbocycles. The fraction of sp³-hybridized carbons (Fsp3) is 0.375. The molecule has 2 saturated heterocycles. The number of nitrogens with two attached hydrogens (primary N) is 1. The van der Waals surface area contributed by atoms with Crippen LogP contribution in [0.1, 0.15) is 30.0 Å². The van der Waals surface area contributed by atoms with Gasteiger partial charge in [0.15, 0.2) is 6.10 Å². The van der Waals surface area contributed by atoms with Crippen molar-refractivity contribution in [2.45, 2.75) is 37.6 Å². The average molecular weight is 717 g/mol. The molecular weight excluding hydrogens is 683 g/mol. The van der Waals surface area contributed by atoms with Gasteiger partial charge in [-0.3, -0.25) is 14.3 Å². The Morgan fingerprint density at radius 1 is 1.00 bits per heavy atom. The summed E-state index contributed by atoms with van der Waals surface area (Å²) in [4.78, 5) is 52.1. The number of alkyl halides is 3. The molecule has 3 N–H and O–H groups in total. The van der Waals surface area contributed by atoms with Gasteiger partial charge in [-0.1, -0.05) is 12.1 Å². The van der Waals surface area contributed by atoms with Crippen molar-refractivity contribution in [1.29, 1.82) is 0 Å². The van der Waals surface area contributed by atoms with Crippen LogP contribution in [-0.2, 0) is 22.1 Å². The van der Waals surface area contributed by atoms with E-state index in [0.717, 1.165) is 22.8 Å². The van der Waals surface area contributed by atoms with Gasteiger partial charge in [-0.15, -0.1) is 0 Å². The van der Waals surface area contributed by atoms with Crippen molar-refractivity contribution in [3.8, 4) is 0 Å². The maximum Gasteiger partial charge on any atom is 0.418 e. The van der Waals surface area contributed by atoms with Crippen LogP contribution in [0.4, 0.5) is 29.3 Å². The minimum atomic E-state index is -4.72. The quantitative estimate of drug-likeness (QED) is 0.274. The molecule has 4 aromatic rings. The summed E-state index contributed by atoms with van der Waals surface area (Å²) >= 11 is 3.10. The summed E-state index contributed by atoms with van der Waals surface area (Å²) in [5, 5.41) is 0. The number of likely N-dealkylation sites (tertiary alicyclic amines) is 1. The van der Waals surface area contributed by atoms with Crippen LogP contribution >= 0.6 is 15.9 Å². The van der Waals surface area contributed by atoms with Gasteiger partial charge in [0.25, 0.3) is 5.91 Å². The van der Waals surface area contributed by atoms with Crippen molar-refractivity contribution < 1.29 is 27.5 Å². The first-order valence-corrected chi connectivity index (χ1v) is 16.0. The highest BCUT2D eigenvalue weighted by molar-refractivity contribution is 9.10. The monoisotopic (exact) mass is 715 g/mol.